The van der Waals surface area contributed by atoms with Gasteiger partial charge in [0.1, 0.15) is 5.82 Å². The largest absolute Gasteiger partial charge is 0.254 e. The summed E-state index contributed by atoms with van der Waals surface area (Å²) in [6, 6.07) is 7.02. The molecule has 0 saturated carbocycles. The van der Waals surface area contributed by atoms with E-state index in [1.54, 1.807) is 6.07 Å². The van der Waals surface area contributed by atoms with E-state index in [0.717, 1.165) is 12.5 Å². The number of sulfonamides is 2. The quantitative estimate of drug-likeness (QED) is 0.780. The van der Waals surface area contributed by atoms with E-state index < -0.39 is 31.8 Å². The van der Waals surface area contributed by atoms with Crippen LogP contribution in [0.4, 0.5) is 10.3 Å². The number of hydrogen-bond donors (Lipinski definition) is 0. The van der Waals surface area contributed by atoms with Crippen LogP contribution >= 0.6 is 0 Å². The minimum atomic E-state index is -4.16. The maximum absolute atomic E-state index is 13.1. The van der Waals surface area contributed by atoms with Crippen LogP contribution in [0.25, 0.3) is 11.3 Å². The molecule has 0 aliphatic rings. The normalized spacial score (nSPS) is 12.4. The molecule has 0 aliphatic carbocycles. The molecule has 2 rings (SSSR count). The number of rotatable bonds is 5. The fraction of sp³-hybridized carbons (Fsp3) is 0.333. The Bertz CT molecular complexity index is 956. The van der Waals surface area contributed by atoms with Gasteiger partial charge in [0.05, 0.1) is 18.2 Å². The molecule has 2 aromatic rings. The van der Waals surface area contributed by atoms with Crippen molar-refractivity contribution in [2.45, 2.75) is 19.8 Å². The van der Waals surface area contributed by atoms with Crippen molar-refractivity contribution in [3.8, 4) is 11.3 Å². The first-order chi connectivity index (χ1) is 11.4. The second-order valence-electron chi connectivity index (χ2n) is 5.86. The standard InChI is InChI=1S/C15H18FN3O4S2/c1-10(2)13-9-14(11-5-7-12(16)8-6-11)18-15(17-13)19(24(3,20)21)25(4,22)23/h5-10H,1-4H3. The first kappa shape index (κ1) is 19.3. The molecule has 1 aromatic carbocycles. The summed E-state index contributed by atoms with van der Waals surface area (Å²) in [6.45, 7) is 3.65. The summed E-state index contributed by atoms with van der Waals surface area (Å²) in [5.41, 5.74) is 1.27. The molecule has 0 aliphatic heterocycles. The third kappa shape index (κ3) is 4.51. The molecular formula is C15H18FN3O4S2. The maximum Gasteiger partial charge on any atom is 0.254 e. The first-order valence-electron chi connectivity index (χ1n) is 7.25. The van der Waals surface area contributed by atoms with Gasteiger partial charge in [-0.15, -0.1) is 3.71 Å². The predicted octanol–water partition coefficient (Wildman–Crippen LogP) is 2.13. The van der Waals surface area contributed by atoms with Gasteiger partial charge in [0.2, 0.25) is 20.0 Å². The Morgan fingerprint density at radius 3 is 1.92 bits per heavy atom. The molecule has 7 nitrogen and oxygen atoms in total. The van der Waals surface area contributed by atoms with E-state index in [4.69, 9.17) is 0 Å². The Morgan fingerprint density at radius 1 is 0.960 bits per heavy atom. The second kappa shape index (κ2) is 6.68. The zero-order valence-electron chi connectivity index (χ0n) is 14.1. The number of benzene rings is 1. The molecule has 0 saturated heterocycles. The molecule has 25 heavy (non-hydrogen) atoms. The highest BCUT2D eigenvalue weighted by Gasteiger charge is 2.31. The van der Waals surface area contributed by atoms with Gasteiger partial charge in [-0.1, -0.05) is 13.8 Å². The van der Waals surface area contributed by atoms with Crippen LogP contribution < -0.4 is 3.71 Å². The molecule has 1 heterocycles. The van der Waals surface area contributed by atoms with Crippen LogP contribution in [0.3, 0.4) is 0 Å². The Kier molecular flexibility index (Phi) is 5.14. The number of hydrogen-bond acceptors (Lipinski definition) is 6. The van der Waals surface area contributed by atoms with Gasteiger partial charge >= 0.3 is 0 Å². The molecule has 10 heteroatoms. The van der Waals surface area contributed by atoms with E-state index in [-0.39, 0.29) is 9.63 Å². The maximum atomic E-state index is 13.1. The van der Waals surface area contributed by atoms with Crippen LogP contribution in [-0.4, -0.2) is 39.3 Å². The van der Waals surface area contributed by atoms with Gasteiger partial charge in [-0.25, -0.2) is 31.2 Å². The van der Waals surface area contributed by atoms with Gasteiger partial charge in [0, 0.05) is 11.3 Å². The highest BCUT2D eigenvalue weighted by atomic mass is 32.3. The van der Waals surface area contributed by atoms with E-state index in [1.807, 2.05) is 13.8 Å². The van der Waals surface area contributed by atoms with Gasteiger partial charge in [-0.3, -0.25) is 0 Å². The summed E-state index contributed by atoms with van der Waals surface area (Å²) in [5.74, 6) is -1.01. The van der Waals surface area contributed by atoms with Crippen LogP contribution in [-0.2, 0) is 20.0 Å². The number of nitrogens with zero attached hydrogens (tertiary/aromatic N) is 3. The monoisotopic (exact) mass is 387 g/mol. The van der Waals surface area contributed by atoms with Gasteiger partial charge in [-0.2, -0.15) is 0 Å². The van der Waals surface area contributed by atoms with Crippen LogP contribution in [0, 0.1) is 5.82 Å². The van der Waals surface area contributed by atoms with Gasteiger partial charge in [0.15, 0.2) is 0 Å². The molecule has 0 spiro atoms. The molecule has 0 N–H and O–H groups in total. The van der Waals surface area contributed by atoms with E-state index >= 15 is 0 Å². The number of aromatic nitrogens is 2. The molecule has 0 amide bonds. The van der Waals surface area contributed by atoms with Gasteiger partial charge in [-0.05, 0) is 36.2 Å². The second-order valence-corrected chi connectivity index (χ2v) is 9.76. The minimum Gasteiger partial charge on any atom is -0.216 e. The lowest BCUT2D eigenvalue weighted by Gasteiger charge is -2.19. The Balaban J connectivity index is 2.76. The lowest BCUT2D eigenvalue weighted by molar-refractivity contribution is 0.589. The number of anilines is 1. The summed E-state index contributed by atoms with van der Waals surface area (Å²) >= 11 is 0. The first-order valence-corrected chi connectivity index (χ1v) is 10.9. The zero-order valence-corrected chi connectivity index (χ0v) is 15.8. The summed E-state index contributed by atoms with van der Waals surface area (Å²) in [6.07, 6.45) is 1.52. The summed E-state index contributed by atoms with van der Waals surface area (Å²) in [4.78, 5) is 8.17. The molecule has 0 radical (unpaired) electrons. The molecular weight excluding hydrogens is 369 g/mol. The van der Waals surface area contributed by atoms with Crippen LogP contribution in [0.15, 0.2) is 30.3 Å². The van der Waals surface area contributed by atoms with Crippen molar-refractivity contribution in [2.75, 3.05) is 16.2 Å². The lowest BCUT2D eigenvalue weighted by Crippen LogP contribution is -2.36. The Morgan fingerprint density at radius 2 is 1.48 bits per heavy atom. The molecule has 0 unspecified atom stereocenters. The topological polar surface area (TPSA) is 97.3 Å². The average molecular weight is 387 g/mol. The SMILES string of the molecule is CC(C)c1cc(-c2ccc(F)cc2)nc(N(S(C)(=O)=O)S(C)(=O)=O)n1. The molecule has 0 atom stereocenters. The summed E-state index contributed by atoms with van der Waals surface area (Å²) in [7, 11) is -8.33. The molecule has 0 fully saturated rings. The van der Waals surface area contributed by atoms with Crippen molar-refractivity contribution in [2.24, 2.45) is 0 Å². The van der Waals surface area contributed by atoms with Crippen LogP contribution in [0.2, 0.25) is 0 Å². The van der Waals surface area contributed by atoms with Crippen molar-refractivity contribution in [1.29, 1.82) is 0 Å². The highest BCUT2D eigenvalue weighted by Crippen LogP contribution is 2.26. The van der Waals surface area contributed by atoms with Crippen molar-refractivity contribution in [3.05, 3.63) is 41.8 Å². The van der Waals surface area contributed by atoms with Gasteiger partial charge in [0.25, 0.3) is 5.95 Å². The van der Waals surface area contributed by atoms with E-state index in [2.05, 4.69) is 9.97 Å². The van der Waals surface area contributed by atoms with Crippen LogP contribution in [0.1, 0.15) is 25.5 Å². The van der Waals surface area contributed by atoms with Crippen molar-refractivity contribution in [1.82, 2.24) is 9.97 Å². The van der Waals surface area contributed by atoms with Crippen molar-refractivity contribution < 1.29 is 21.2 Å². The van der Waals surface area contributed by atoms with Gasteiger partial charge < -0.3 is 0 Å². The fourth-order valence-corrected chi connectivity index (χ4v) is 4.87. The fourth-order valence-electron chi connectivity index (χ4n) is 2.14. The minimum absolute atomic E-state index is 0.109. The average Bonchev–Trinajstić information content (AvgIpc) is 2.44. The van der Waals surface area contributed by atoms with Crippen LogP contribution in [0.5, 0.6) is 0 Å². The highest BCUT2D eigenvalue weighted by molar-refractivity contribution is 8.09. The summed E-state index contributed by atoms with van der Waals surface area (Å²) in [5, 5.41) is 0. The van der Waals surface area contributed by atoms with E-state index in [9.17, 15) is 21.2 Å². The van der Waals surface area contributed by atoms with Crippen molar-refractivity contribution in [3.63, 3.8) is 0 Å². The lowest BCUT2D eigenvalue weighted by atomic mass is 10.1. The molecule has 0 bridgehead atoms. The number of halogens is 1. The molecule has 1 aromatic heterocycles. The molecule has 136 valence electrons. The third-order valence-electron chi connectivity index (χ3n) is 3.23. The summed E-state index contributed by atoms with van der Waals surface area (Å²) < 4.78 is 61.2. The van der Waals surface area contributed by atoms with E-state index in [0.29, 0.717) is 17.0 Å². The Hall–Kier alpha value is -2.07. The van der Waals surface area contributed by atoms with Crippen molar-refractivity contribution >= 4 is 26.0 Å². The predicted molar refractivity (Wildman–Crippen MR) is 93.7 cm³/mol. The zero-order chi connectivity index (χ0) is 19.0. The third-order valence-corrected chi connectivity index (χ3v) is 6.39. The Labute approximate surface area is 146 Å². The van der Waals surface area contributed by atoms with E-state index in [1.165, 1.54) is 24.3 Å². The smallest absolute Gasteiger partial charge is 0.216 e.